The first kappa shape index (κ1) is 14.8. The van der Waals surface area contributed by atoms with Gasteiger partial charge < -0.3 is 15.0 Å². The molecule has 1 fully saturated rings. The molecule has 2 aromatic rings. The minimum atomic E-state index is -0.425. The van der Waals surface area contributed by atoms with Gasteiger partial charge in [-0.3, -0.25) is 0 Å². The van der Waals surface area contributed by atoms with Crippen LogP contribution in [0.4, 0.5) is 0 Å². The molecule has 0 spiro atoms. The normalized spacial score (nSPS) is 16.4. The van der Waals surface area contributed by atoms with Gasteiger partial charge in [0.15, 0.2) is 5.82 Å². The lowest BCUT2D eigenvalue weighted by atomic mass is 9.77. The lowest BCUT2D eigenvalue weighted by Gasteiger charge is -2.34. The highest BCUT2D eigenvalue weighted by Gasteiger charge is 2.39. The van der Waals surface area contributed by atoms with E-state index in [0.717, 1.165) is 30.5 Å². The third-order valence-electron chi connectivity index (χ3n) is 3.69. The highest BCUT2D eigenvalue weighted by atomic mass is 35.5. The first-order chi connectivity index (χ1) is 9.05. The van der Waals surface area contributed by atoms with Crippen molar-refractivity contribution >= 4 is 12.4 Å². The van der Waals surface area contributed by atoms with Crippen molar-refractivity contribution in [1.82, 2.24) is 19.9 Å². The van der Waals surface area contributed by atoms with E-state index in [-0.39, 0.29) is 12.4 Å². The number of hydrogen-bond donors (Lipinski definition) is 1. The maximum Gasteiger partial charge on any atom is 0.265 e. The summed E-state index contributed by atoms with van der Waals surface area (Å²) in [5.74, 6) is 1.58. The van der Waals surface area contributed by atoms with Gasteiger partial charge in [-0.25, -0.2) is 4.68 Å². The molecule has 0 aliphatic heterocycles. The zero-order chi connectivity index (χ0) is 13.6. The van der Waals surface area contributed by atoms with E-state index in [0.29, 0.717) is 17.6 Å². The molecule has 0 unspecified atom stereocenters. The van der Waals surface area contributed by atoms with Gasteiger partial charge in [0.1, 0.15) is 5.56 Å². The lowest BCUT2D eigenvalue weighted by Crippen LogP contribution is -2.44. The lowest BCUT2D eigenvalue weighted by molar-refractivity contribution is 0.229. The van der Waals surface area contributed by atoms with Crippen molar-refractivity contribution in [2.24, 2.45) is 12.8 Å². The van der Waals surface area contributed by atoms with Crippen LogP contribution in [0.25, 0.3) is 11.5 Å². The van der Waals surface area contributed by atoms with Crippen LogP contribution in [-0.2, 0) is 12.6 Å². The second kappa shape index (κ2) is 5.06. The molecule has 7 nitrogen and oxygen atoms in total. The highest BCUT2D eigenvalue weighted by molar-refractivity contribution is 5.85. The third-order valence-corrected chi connectivity index (χ3v) is 3.69. The molecule has 0 atom stereocenters. The molecule has 1 aliphatic rings. The Hall–Kier alpha value is -1.60. The first-order valence-electron chi connectivity index (χ1n) is 6.26. The van der Waals surface area contributed by atoms with Crippen LogP contribution in [0.3, 0.4) is 0 Å². The average Bonchev–Trinajstić information content (AvgIpc) is 2.90. The quantitative estimate of drug-likeness (QED) is 0.924. The molecule has 0 amide bonds. The van der Waals surface area contributed by atoms with Crippen LogP contribution in [0, 0.1) is 6.92 Å². The zero-order valence-corrected chi connectivity index (χ0v) is 12.5. The maximum atomic E-state index is 6.19. The van der Waals surface area contributed by atoms with Crippen LogP contribution >= 0.6 is 12.4 Å². The summed E-state index contributed by atoms with van der Waals surface area (Å²) in [4.78, 5) is 4.42. The van der Waals surface area contributed by atoms with E-state index in [1.54, 1.807) is 11.8 Å². The molecule has 20 heavy (non-hydrogen) atoms. The Morgan fingerprint density at radius 2 is 2.10 bits per heavy atom. The monoisotopic (exact) mass is 299 g/mol. The second-order valence-electron chi connectivity index (χ2n) is 5.03. The van der Waals surface area contributed by atoms with Crippen LogP contribution in [0.5, 0.6) is 5.88 Å². The fourth-order valence-corrected chi connectivity index (χ4v) is 2.43. The van der Waals surface area contributed by atoms with Gasteiger partial charge in [-0.05, 0) is 26.2 Å². The third kappa shape index (κ3) is 2.06. The van der Waals surface area contributed by atoms with Gasteiger partial charge in [-0.2, -0.15) is 10.1 Å². The number of aryl methyl sites for hydroxylation is 2. The summed E-state index contributed by atoms with van der Waals surface area (Å²) >= 11 is 0. The van der Waals surface area contributed by atoms with Gasteiger partial charge >= 0.3 is 0 Å². The van der Waals surface area contributed by atoms with E-state index in [9.17, 15) is 0 Å². The Morgan fingerprint density at radius 1 is 1.40 bits per heavy atom. The summed E-state index contributed by atoms with van der Waals surface area (Å²) in [5, 5.41) is 8.30. The largest absolute Gasteiger partial charge is 0.481 e. The number of methoxy groups -OCH3 is 1. The van der Waals surface area contributed by atoms with Crippen LogP contribution in [0.1, 0.15) is 30.8 Å². The van der Waals surface area contributed by atoms with Crippen molar-refractivity contribution in [3.63, 3.8) is 0 Å². The Balaban J connectivity index is 0.00000147. The fourth-order valence-electron chi connectivity index (χ4n) is 2.43. The van der Waals surface area contributed by atoms with Gasteiger partial charge in [-0.15, -0.1) is 12.4 Å². The number of nitrogens with zero attached hydrogens (tertiary/aromatic N) is 4. The molecule has 1 aliphatic carbocycles. The van der Waals surface area contributed by atoms with Crippen molar-refractivity contribution in [2.45, 2.75) is 31.7 Å². The molecule has 2 aromatic heterocycles. The Kier molecular flexibility index (Phi) is 3.75. The van der Waals surface area contributed by atoms with E-state index in [1.807, 2.05) is 14.0 Å². The number of nitrogens with two attached hydrogens (primary N) is 1. The second-order valence-corrected chi connectivity index (χ2v) is 5.03. The van der Waals surface area contributed by atoms with E-state index >= 15 is 0 Å². The summed E-state index contributed by atoms with van der Waals surface area (Å²) in [5.41, 5.74) is 7.28. The van der Waals surface area contributed by atoms with E-state index in [2.05, 4.69) is 15.2 Å². The van der Waals surface area contributed by atoms with Crippen LogP contribution in [0.15, 0.2) is 4.52 Å². The number of hydrogen-bond acceptors (Lipinski definition) is 6. The van der Waals surface area contributed by atoms with E-state index in [4.69, 9.17) is 15.0 Å². The fraction of sp³-hybridized carbons (Fsp3) is 0.583. The predicted octanol–water partition coefficient (Wildman–Crippen LogP) is 1.55. The number of aromatic nitrogens is 4. The van der Waals surface area contributed by atoms with Gasteiger partial charge in [0.05, 0.1) is 18.3 Å². The Labute approximate surface area is 122 Å². The summed E-state index contributed by atoms with van der Waals surface area (Å²) in [6, 6.07) is 0. The molecule has 0 radical (unpaired) electrons. The van der Waals surface area contributed by atoms with Gasteiger partial charge in [0.2, 0.25) is 5.88 Å². The van der Waals surface area contributed by atoms with Gasteiger partial charge in [0, 0.05) is 7.05 Å². The van der Waals surface area contributed by atoms with Crippen molar-refractivity contribution in [1.29, 1.82) is 0 Å². The molecule has 3 rings (SSSR count). The van der Waals surface area contributed by atoms with Crippen LogP contribution in [-0.4, -0.2) is 27.0 Å². The molecule has 110 valence electrons. The topological polar surface area (TPSA) is 92.0 Å². The van der Waals surface area contributed by atoms with Gasteiger partial charge in [0.25, 0.3) is 5.89 Å². The minimum Gasteiger partial charge on any atom is -0.481 e. The molecular formula is C12H18ClN5O2. The van der Waals surface area contributed by atoms with E-state index in [1.165, 1.54) is 0 Å². The number of halogens is 1. The molecule has 0 saturated heterocycles. The van der Waals surface area contributed by atoms with Gasteiger partial charge in [-0.1, -0.05) is 5.16 Å². The molecule has 0 aromatic carbocycles. The molecular weight excluding hydrogens is 282 g/mol. The van der Waals surface area contributed by atoms with Crippen molar-refractivity contribution in [3.05, 3.63) is 11.5 Å². The van der Waals surface area contributed by atoms with Crippen LogP contribution in [0.2, 0.25) is 0 Å². The average molecular weight is 300 g/mol. The summed E-state index contributed by atoms with van der Waals surface area (Å²) in [6.07, 6.45) is 2.90. The SMILES string of the molecule is COc1c(-c2nc(C3(N)CCC3)no2)c(C)nn1C.Cl. The maximum absolute atomic E-state index is 6.19. The molecule has 2 N–H and O–H groups in total. The molecule has 0 bridgehead atoms. The molecule has 1 saturated carbocycles. The zero-order valence-electron chi connectivity index (χ0n) is 11.7. The summed E-state index contributed by atoms with van der Waals surface area (Å²) < 4.78 is 12.3. The smallest absolute Gasteiger partial charge is 0.265 e. The number of ether oxygens (including phenoxy) is 1. The first-order valence-corrected chi connectivity index (χ1v) is 6.26. The number of rotatable bonds is 3. The summed E-state index contributed by atoms with van der Waals surface area (Å²) in [7, 11) is 3.40. The molecule has 8 heteroatoms. The van der Waals surface area contributed by atoms with Crippen LogP contribution < -0.4 is 10.5 Å². The van der Waals surface area contributed by atoms with Crippen molar-refractivity contribution in [2.75, 3.05) is 7.11 Å². The van der Waals surface area contributed by atoms with E-state index < -0.39 is 5.54 Å². The van der Waals surface area contributed by atoms with Crippen molar-refractivity contribution < 1.29 is 9.26 Å². The minimum absolute atomic E-state index is 0. The standard InChI is InChI=1S/C12H17N5O2.ClH/c1-7-8(10(18-3)17(2)15-7)9-14-11(16-19-9)12(13)5-4-6-12;/h4-6,13H2,1-3H3;1H. The Bertz CT molecular complexity index is 617. The Morgan fingerprint density at radius 3 is 2.65 bits per heavy atom. The highest BCUT2D eigenvalue weighted by Crippen LogP contribution is 2.39. The van der Waals surface area contributed by atoms with Crippen molar-refractivity contribution in [3.8, 4) is 17.3 Å². The predicted molar refractivity (Wildman–Crippen MR) is 74.8 cm³/mol. The summed E-state index contributed by atoms with van der Waals surface area (Å²) in [6.45, 7) is 1.88. The molecule has 2 heterocycles.